The van der Waals surface area contributed by atoms with Crippen LogP contribution in [0.3, 0.4) is 0 Å². The summed E-state index contributed by atoms with van der Waals surface area (Å²) in [5.41, 5.74) is 2.50. The Kier molecular flexibility index (Phi) is 4.94. The van der Waals surface area contributed by atoms with Crippen molar-refractivity contribution in [1.29, 1.82) is 0 Å². The molecule has 3 heterocycles. The third kappa shape index (κ3) is 3.54. The number of aliphatic hydroxyl groups excluding tert-OH is 1. The summed E-state index contributed by atoms with van der Waals surface area (Å²) >= 11 is 1.34. The molecular weight excluding hydrogens is 436 g/mol. The van der Waals surface area contributed by atoms with E-state index in [0.29, 0.717) is 10.7 Å². The summed E-state index contributed by atoms with van der Waals surface area (Å²) in [6.07, 6.45) is 1.39. The number of carbonyl (C=O) groups excluding carboxylic acids is 2. The van der Waals surface area contributed by atoms with E-state index in [1.807, 2.05) is 48.5 Å². The molecule has 1 atom stereocenters. The Morgan fingerprint density at radius 1 is 1.06 bits per heavy atom. The van der Waals surface area contributed by atoms with Gasteiger partial charge in [0.2, 0.25) is 5.78 Å². The van der Waals surface area contributed by atoms with Crippen LogP contribution in [-0.2, 0) is 10.2 Å². The quantitative estimate of drug-likeness (QED) is 0.381. The van der Waals surface area contributed by atoms with Crippen LogP contribution in [0.25, 0.3) is 10.2 Å². The van der Waals surface area contributed by atoms with Crippen molar-refractivity contribution in [2.75, 3.05) is 4.90 Å². The maximum Gasteiger partial charge on any atom is 0.296 e. The number of fused-ring (bicyclic) bond motifs is 1. The average Bonchev–Trinajstić information content (AvgIpc) is 3.52. The molecule has 1 unspecified atom stereocenters. The first-order valence-corrected chi connectivity index (χ1v) is 11.4. The second-order valence-electron chi connectivity index (χ2n) is 8.98. The summed E-state index contributed by atoms with van der Waals surface area (Å²) in [4.78, 5) is 32.6. The molecule has 7 heteroatoms. The van der Waals surface area contributed by atoms with Gasteiger partial charge in [-0.25, -0.2) is 4.98 Å². The lowest BCUT2D eigenvalue weighted by atomic mass is 9.85. The Morgan fingerprint density at radius 3 is 2.42 bits per heavy atom. The van der Waals surface area contributed by atoms with Gasteiger partial charge in [0.25, 0.3) is 5.91 Å². The fourth-order valence-electron chi connectivity index (χ4n) is 4.02. The third-order valence-corrected chi connectivity index (χ3v) is 6.81. The molecule has 1 amide bonds. The normalized spacial score (nSPS) is 16.8. The Hall–Kier alpha value is -3.71. The number of furan rings is 1. The zero-order valence-electron chi connectivity index (χ0n) is 18.4. The van der Waals surface area contributed by atoms with Gasteiger partial charge < -0.3 is 9.52 Å². The van der Waals surface area contributed by atoms with Crippen LogP contribution in [0.2, 0.25) is 0 Å². The Bertz CT molecular complexity index is 1360. The SMILES string of the molecule is CC(C)(C)c1ccc(C2C(C(=O)c3ccco3)=C(O)C(=O)N2c2nc3ccccc3s2)cc1. The van der Waals surface area contributed by atoms with Crippen LogP contribution in [0.4, 0.5) is 5.13 Å². The molecule has 0 saturated heterocycles. The van der Waals surface area contributed by atoms with Crippen molar-refractivity contribution >= 4 is 38.4 Å². The number of rotatable bonds is 4. The molecule has 0 fully saturated rings. The molecule has 0 radical (unpaired) electrons. The second kappa shape index (κ2) is 7.71. The highest BCUT2D eigenvalue weighted by Gasteiger charge is 2.46. The molecule has 2 aromatic heterocycles. The van der Waals surface area contributed by atoms with Gasteiger partial charge >= 0.3 is 0 Å². The molecule has 4 aromatic rings. The lowest BCUT2D eigenvalue weighted by Gasteiger charge is -2.25. The fourth-order valence-corrected chi connectivity index (χ4v) is 5.01. The molecule has 1 N–H and O–H groups in total. The Morgan fingerprint density at radius 2 is 1.79 bits per heavy atom. The molecule has 0 saturated carbocycles. The topological polar surface area (TPSA) is 83.6 Å². The zero-order chi connectivity index (χ0) is 23.3. The van der Waals surface area contributed by atoms with E-state index < -0.39 is 23.5 Å². The van der Waals surface area contributed by atoms with Gasteiger partial charge in [0.1, 0.15) is 0 Å². The van der Waals surface area contributed by atoms with Crippen LogP contribution < -0.4 is 4.90 Å². The van der Waals surface area contributed by atoms with Crippen molar-refractivity contribution in [3.8, 4) is 0 Å². The predicted molar refractivity (Wildman–Crippen MR) is 128 cm³/mol. The number of hydrogen-bond acceptors (Lipinski definition) is 6. The molecule has 166 valence electrons. The monoisotopic (exact) mass is 458 g/mol. The number of aromatic nitrogens is 1. The minimum Gasteiger partial charge on any atom is -0.503 e. The van der Waals surface area contributed by atoms with Gasteiger partial charge in [-0.3, -0.25) is 14.5 Å². The maximum absolute atomic E-state index is 13.3. The van der Waals surface area contributed by atoms with Crippen LogP contribution >= 0.6 is 11.3 Å². The lowest BCUT2D eigenvalue weighted by Crippen LogP contribution is -2.31. The number of thiazole rings is 1. The highest BCUT2D eigenvalue weighted by molar-refractivity contribution is 7.22. The third-order valence-electron chi connectivity index (χ3n) is 5.78. The molecule has 0 bridgehead atoms. The van der Waals surface area contributed by atoms with Crippen molar-refractivity contribution in [3.63, 3.8) is 0 Å². The molecule has 0 spiro atoms. The van der Waals surface area contributed by atoms with Crippen LogP contribution in [0, 0.1) is 0 Å². The van der Waals surface area contributed by atoms with Crippen LogP contribution in [-0.4, -0.2) is 21.8 Å². The number of ketones is 1. The fraction of sp³-hybridized carbons (Fsp3) is 0.192. The summed E-state index contributed by atoms with van der Waals surface area (Å²) < 4.78 is 6.20. The summed E-state index contributed by atoms with van der Waals surface area (Å²) in [6.45, 7) is 6.35. The number of para-hydroxylation sites is 1. The number of aliphatic hydroxyl groups is 1. The number of benzene rings is 2. The van der Waals surface area contributed by atoms with Crippen molar-refractivity contribution < 1.29 is 19.1 Å². The first kappa shape index (κ1) is 21.2. The van der Waals surface area contributed by atoms with Gasteiger partial charge in [0.15, 0.2) is 16.7 Å². The van der Waals surface area contributed by atoms with Crippen molar-refractivity contribution in [2.24, 2.45) is 0 Å². The van der Waals surface area contributed by atoms with Crippen molar-refractivity contribution in [3.05, 3.63) is 95.1 Å². The molecule has 5 rings (SSSR count). The van der Waals surface area contributed by atoms with Crippen molar-refractivity contribution in [1.82, 2.24) is 4.98 Å². The first-order chi connectivity index (χ1) is 15.8. The van der Waals surface area contributed by atoms with Gasteiger partial charge in [-0.2, -0.15) is 0 Å². The zero-order valence-corrected chi connectivity index (χ0v) is 19.2. The highest BCUT2D eigenvalue weighted by atomic mass is 32.1. The van der Waals surface area contributed by atoms with Gasteiger partial charge in [-0.15, -0.1) is 0 Å². The largest absolute Gasteiger partial charge is 0.503 e. The first-order valence-electron chi connectivity index (χ1n) is 10.6. The van der Waals surface area contributed by atoms with Crippen LogP contribution in [0.1, 0.15) is 48.5 Å². The molecule has 2 aromatic carbocycles. The maximum atomic E-state index is 13.3. The standard InChI is InChI=1S/C26H22N2O4S/c1-26(2,3)16-12-10-15(11-13-16)21-20(22(29)18-8-6-14-32-18)23(30)24(31)28(21)25-27-17-7-4-5-9-19(17)33-25/h4-14,21,30H,1-3H3. The van der Waals surface area contributed by atoms with Gasteiger partial charge in [0, 0.05) is 0 Å². The number of nitrogens with zero attached hydrogens (tertiary/aromatic N) is 2. The summed E-state index contributed by atoms with van der Waals surface area (Å²) in [7, 11) is 0. The van der Waals surface area contributed by atoms with Gasteiger partial charge in [-0.05, 0) is 40.8 Å². The minimum atomic E-state index is -0.829. The number of amides is 1. The average molecular weight is 459 g/mol. The van der Waals surface area contributed by atoms with Gasteiger partial charge in [0.05, 0.1) is 28.1 Å². The number of Topliss-reactive ketones (excluding diaryl/α,β-unsaturated/α-hetero) is 1. The van der Waals surface area contributed by atoms with E-state index in [0.717, 1.165) is 15.8 Å². The molecule has 33 heavy (non-hydrogen) atoms. The van der Waals surface area contributed by atoms with E-state index in [2.05, 4.69) is 25.8 Å². The minimum absolute atomic E-state index is 0.0160. The summed E-state index contributed by atoms with van der Waals surface area (Å²) in [6, 6.07) is 17.6. The van der Waals surface area contributed by atoms with E-state index in [-0.39, 0.29) is 16.7 Å². The summed E-state index contributed by atoms with van der Waals surface area (Å²) in [5.74, 6) is -1.71. The molecule has 0 aliphatic carbocycles. The number of hydrogen-bond donors (Lipinski definition) is 1. The van der Waals surface area contributed by atoms with E-state index in [1.165, 1.54) is 28.6 Å². The Balaban J connectivity index is 1.67. The molecule has 6 nitrogen and oxygen atoms in total. The van der Waals surface area contributed by atoms with E-state index >= 15 is 0 Å². The van der Waals surface area contributed by atoms with E-state index in [1.54, 1.807) is 6.07 Å². The summed E-state index contributed by atoms with van der Waals surface area (Å²) in [5, 5.41) is 11.3. The van der Waals surface area contributed by atoms with Crippen LogP contribution in [0.5, 0.6) is 0 Å². The smallest absolute Gasteiger partial charge is 0.296 e. The lowest BCUT2D eigenvalue weighted by molar-refractivity contribution is -0.117. The number of anilines is 1. The van der Waals surface area contributed by atoms with Gasteiger partial charge in [-0.1, -0.05) is 68.5 Å². The highest BCUT2D eigenvalue weighted by Crippen LogP contribution is 2.44. The number of carbonyl (C=O) groups is 2. The molecule has 1 aliphatic rings. The molecular formula is C26H22N2O4S. The van der Waals surface area contributed by atoms with Crippen LogP contribution in [0.15, 0.2) is 82.7 Å². The molecule has 1 aliphatic heterocycles. The van der Waals surface area contributed by atoms with E-state index in [9.17, 15) is 14.7 Å². The Labute approximate surface area is 194 Å². The van der Waals surface area contributed by atoms with Crippen molar-refractivity contribution in [2.45, 2.75) is 32.2 Å². The predicted octanol–water partition coefficient (Wildman–Crippen LogP) is 5.97. The van der Waals surface area contributed by atoms with E-state index in [4.69, 9.17) is 4.42 Å². The second-order valence-corrected chi connectivity index (χ2v) is 9.99.